The summed E-state index contributed by atoms with van der Waals surface area (Å²) in [5.41, 5.74) is 0.536. The zero-order chi connectivity index (χ0) is 14.4. The van der Waals surface area contributed by atoms with E-state index in [1.165, 1.54) is 0 Å². The predicted octanol–water partition coefficient (Wildman–Crippen LogP) is 1.48. The van der Waals surface area contributed by atoms with Crippen LogP contribution in [0.1, 0.15) is 16.8 Å². The first-order chi connectivity index (χ1) is 8.90. The van der Waals surface area contributed by atoms with Crippen molar-refractivity contribution in [2.45, 2.75) is 6.42 Å². The summed E-state index contributed by atoms with van der Waals surface area (Å²) in [5, 5.41) is 3.20. The third kappa shape index (κ3) is 5.44. The number of halogens is 1. The van der Waals surface area contributed by atoms with Crippen LogP contribution in [0.25, 0.3) is 0 Å². The molecule has 1 rings (SSSR count). The van der Waals surface area contributed by atoms with Crippen LogP contribution in [0.4, 0.5) is 5.82 Å². The Hall–Kier alpha value is -1.33. The molecule has 0 aliphatic heterocycles. The number of carbonyl (C=O) groups is 1. The topological polar surface area (TPSA) is 48.5 Å². The normalized spacial score (nSPS) is 10.6. The van der Waals surface area contributed by atoms with Gasteiger partial charge in [-0.2, -0.15) is 0 Å². The molecular formula is C13H21ClN4O. The molecule has 1 aromatic heterocycles. The number of amides is 1. The fourth-order valence-corrected chi connectivity index (χ4v) is 1.75. The Kier molecular flexibility index (Phi) is 6.05. The molecule has 1 heterocycles. The molecule has 0 radical (unpaired) electrons. The molecule has 0 bridgehead atoms. The van der Waals surface area contributed by atoms with Crippen LogP contribution in [-0.2, 0) is 0 Å². The lowest BCUT2D eigenvalue weighted by atomic mass is 10.2. The van der Waals surface area contributed by atoms with Crippen LogP contribution >= 0.6 is 11.6 Å². The van der Waals surface area contributed by atoms with Gasteiger partial charge in [-0.25, -0.2) is 4.98 Å². The summed E-state index contributed by atoms with van der Waals surface area (Å²) < 4.78 is 0. The maximum absolute atomic E-state index is 12.0. The molecule has 0 aliphatic carbocycles. The number of aromatic nitrogens is 1. The van der Waals surface area contributed by atoms with Gasteiger partial charge in [0.2, 0.25) is 0 Å². The van der Waals surface area contributed by atoms with Gasteiger partial charge >= 0.3 is 0 Å². The van der Waals surface area contributed by atoms with Crippen molar-refractivity contribution in [3.63, 3.8) is 0 Å². The van der Waals surface area contributed by atoms with Crippen LogP contribution in [0.3, 0.4) is 0 Å². The monoisotopic (exact) mass is 284 g/mol. The van der Waals surface area contributed by atoms with Gasteiger partial charge in [0.1, 0.15) is 11.0 Å². The van der Waals surface area contributed by atoms with Crippen molar-refractivity contribution < 1.29 is 4.79 Å². The highest BCUT2D eigenvalue weighted by Gasteiger charge is 2.09. The van der Waals surface area contributed by atoms with E-state index in [4.69, 9.17) is 11.6 Å². The van der Waals surface area contributed by atoms with Crippen molar-refractivity contribution in [3.05, 3.63) is 22.8 Å². The van der Waals surface area contributed by atoms with E-state index in [1.54, 1.807) is 12.1 Å². The van der Waals surface area contributed by atoms with Crippen LogP contribution in [0.15, 0.2) is 12.1 Å². The molecule has 0 aromatic carbocycles. The molecule has 1 amide bonds. The Morgan fingerprint density at radius 2 is 2.00 bits per heavy atom. The Balaban J connectivity index is 2.61. The van der Waals surface area contributed by atoms with Crippen molar-refractivity contribution in [3.8, 4) is 0 Å². The summed E-state index contributed by atoms with van der Waals surface area (Å²) in [4.78, 5) is 20.0. The largest absolute Gasteiger partial charge is 0.363 e. The van der Waals surface area contributed by atoms with Gasteiger partial charge in [0, 0.05) is 26.2 Å². The zero-order valence-corrected chi connectivity index (χ0v) is 12.7. The number of rotatable bonds is 6. The van der Waals surface area contributed by atoms with E-state index in [0.29, 0.717) is 23.1 Å². The van der Waals surface area contributed by atoms with E-state index in [9.17, 15) is 4.79 Å². The molecule has 0 atom stereocenters. The maximum Gasteiger partial charge on any atom is 0.251 e. The van der Waals surface area contributed by atoms with Gasteiger partial charge in [-0.05, 0) is 39.2 Å². The first-order valence-corrected chi connectivity index (χ1v) is 6.56. The van der Waals surface area contributed by atoms with Gasteiger partial charge in [-0.15, -0.1) is 0 Å². The average molecular weight is 285 g/mol. The van der Waals surface area contributed by atoms with E-state index in [2.05, 4.69) is 15.2 Å². The summed E-state index contributed by atoms with van der Waals surface area (Å²) in [5.74, 6) is 0.553. The van der Waals surface area contributed by atoms with E-state index < -0.39 is 0 Å². The molecule has 106 valence electrons. The van der Waals surface area contributed by atoms with Crippen LogP contribution in [0.5, 0.6) is 0 Å². The Morgan fingerprint density at radius 3 is 2.58 bits per heavy atom. The Labute approximate surface area is 119 Å². The van der Waals surface area contributed by atoms with Gasteiger partial charge in [-0.3, -0.25) is 4.79 Å². The summed E-state index contributed by atoms with van der Waals surface area (Å²) in [6.07, 6.45) is 0.915. The quantitative estimate of drug-likeness (QED) is 0.635. The van der Waals surface area contributed by atoms with Crippen LogP contribution in [-0.4, -0.2) is 57.1 Å². The standard InChI is InChI=1S/C13H21ClN4O/c1-17(2)7-5-6-15-13(19)10-8-11(14)16-12(9-10)18(3)4/h8-9H,5-7H2,1-4H3,(H,15,19). The minimum Gasteiger partial charge on any atom is -0.363 e. The highest BCUT2D eigenvalue weighted by Crippen LogP contribution is 2.16. The molecule has 0 unspecified atom stereocenters. The Bertz CT molecular complexity index is 435. The van der Waals surface area contributed by atoms with Crippen molar-refractivity contribution in [1.82, 2.24) is 15.2 Å². The smallest absolute Gasteiger partial charge is 0.251 e. The van der Waals surface area contributed by atoms with E-state index in [-0.39, 0.29) is 5.91 Å². The SMILES string of the molecule is CN(C)CCCNC(=O)c1cc(Cl)nc(N(C)C)c1. The minimum atomic E-state index is -0.119. The highest BCUT2D eigenvalue weighted by atomic mass is 35.5. The van der Waals surface area contributed by atoms with Crippen LogP contribution < -0.4 is 10.2 Å². The van der Waals surface area contributed by atoms with Crippen LogP contribution in [0, 0.1) is 0 Å². The number of hydrogen-bond donors (Lipinski definition) is 1. The number of anilines is 1. The number of nitrogens with one attached hydrogen (secondary N) is 1. The van der Waals surface area contributed by atoms with Crippen LogP contribution in [0.2, 0.25) is 5.15 Å². The second-order valence-corrected chi connectivity index (χ2v) is 5.23. The molecule has 6 heteroatoms. The molecule has 0 saturated heterocycles. The Morgan fingerprint density at radius 1 is 1.32 bits per heavy atom. The minimum absolute atomic E-state index is 0.119. The second kappa shape index (κ2) is 7.31. The van der Waals surface area contributed by atoms with E-state index in [0.717, 1.165) is 13.0 Å². The molecule has 0 aliphatic rings. The van der Waals surface area contributed by atoms with Gasteiger partial charge in [0.05, 0.1) is 0 Å². The molecule has 1 N–H and O–H groups in total. The zero-order valence-electron chi connectivity index (χ0n) is 11.9. The van der Waals surface area contributed by atoms with Crippen molar-refractivity contribution in [2.75, 3.05) is 46.2 Å². The molecule has 1 aromatic rings. The molecule has 0 saturated carbocycles. The maximum atomic E-state index is 12.0. The molecular weight excluding hydrogens is 264 g/mol. The number of nitrogens with zero attached hydrogens (tertiary/aromatic N) is 3. The summed E-state index contributed by atoms with van der Waals surface area (Å²) in [6, 6.07) is 3.31. The van der Waals surface area contributed by atoms with E-state index >= 15 is 0 Å². The number of carbonyl (C=O) groups excluding carboxylic acids is 1. The number of pyridine rings is 1. The fraction of sp³-hybridized carbons (Fsp3) is 0.538. The van der Waals surface area contributed by atoms with E-state index in [1.807, 2.05) is 33.1 Å². The highest BCUT2D eigenvalue weighted by molar-refractivity contribution is 6.29. The fourth-order valence-electron chi connectivity index (χ4n) is 1.54. The predicted molar refractivity (Wildman–Crippen MR) is 79.1 cm³/mol. The number of hydrogen-bond acceptors (Lipinski definition) is 4. The summed E-state index contributed by atoms with van der Waals surface area (Å²) >= 11 is 5.92. The van der Waals surface area contributed by atoms with Crippen molar-refractivity contribution in [2.24, 2.45) is 0 Å². The third-order valence-corrected chi connectivity index (χ3v) is 2.76. The van der Waals surface area contributed by atoms with Crippen molar-refractivity contribution >= 4 is 23.3 Å². The summed E-state index contributed by atoms with van der Waals surface area (Å²) in [7, 11) is 7.73. The van der Waals surface area contributed by atoms with Gasteiger partial charge in [0.25, 0.3) is 5.91 Å². The molecule has 0 fully saturated rings. The lowest BCUT2D eigenvalue weighted by molar-refractivity contribution is 0.0952. The third-order valence-electron chi connectivity index (χ3n) is 2.57. The first-order valence-electron chi connectivity index (χ1n) is 6.18. The van der Waals surface area contributed by atoms with Gasteiger partial charge in [-0.1, -0.05) is 11.6 Å². The van der Waals surface area contributed by atoms with Gasteiger partial charge < -0.3 is 15.1 Å². The van der Waals surface area contributed by atoms with Gasteiger partial charge in [0.15, 0.2) is 0 Å². The lowest BCUT2D eigenvalue weighted by Gasteiger charge is -2.13. The molecule has 5 nitrogen and oxygen atoms in total. The molecule has 19 heavy (non-hydrogen) atoms. The average Bonchev–Trinajstić information content (AvgIpc) is 2.33. The second-order valence-electron chi connectivity index (χ2n) is 4.84. The molecule has 0 spiro atoms. The lowest BCUT2D eigenvalue weighted by Crippen LogP contribution is -2.27. The summed E-state index contributed by atoms with van der Waals surface area (Å²) in [6.45, 7) is 1.59. The first kappa shape index (κ1) is 15.7. The van der Waals surface area contributed by atoms with Crippen molar-refractivity contribution in [1.29, 1.82) is 0 Å².